The Morgan fingerprint density at radius 2 is 1.82 bits per heavy atom. The predicted molar refractivity (Wildman–Crippen MR) is 44.2 cm³/mol. The van der Waals surface area contributed by atoms with Gasteiger partial charge in [0.25, 0.3) is 0 Å². The third-order valence-electron chi connectivity index (χ3n) is 3.46. The normalized spacial score (nSPS) is 42.5. The fraction of sp³-hybridized carbons (Fsp3) is 0.900. The summed E-state index contributed by atoms with van der Waals surface area (Å²) in [6.45, 7) is 4.50. The van der Waals surface area contributed by atoms with Crippen molar-refractivity contribution in [3.8, 4) is 0 Å². The molecule has 2 atom stereocenters. The number of fused-ring (bicyclic) bond motifs is 2. The van der Waals surface area contributed by atoms with Crippen LogP contribution in [0.4, 0.5) is 0 Å². The van der Waals surface area contributed by atoms with Gasteiger partial charge in [-0.2, -0.15) is 0 Å². The topological polar surface area (TPSA) is 17.1 Å². The van der Waals surface area contributed by atoms with E-state index in [1.807, 2.05) is 0 Å². The fourth-order valence-electron chi connectivity index (χ4n) is 2.97. The van der Waals surface area contributed by atoms with Crippen LogP contribution in [0.15, 0.2) is 0 Å². The molecular weight excluding hydrogens is 136 g/mol. The average molecular weight is 152 g/mol. The van der Waals surface area contributed by atoms with Crippen molar-refractivity contribution in [2.75, 3.05) is 0 Å². The highest BCUT2D eigenvalue weighted by Crippen LogP contribution is 2.50. The first-order valence-electron chi connectivity index (χ1n) is 4.75. The molecule has 0 amide bonds. The zero-order chi connectivity index (χ0) is 8.01. The first kappa shape index (κ1) is 7.33. The molecule has 0 spiro atoms. The maximum atomic E-state index is 11.4. The van der Waals surface area contributed by atoms with E-state index >= 15 is 0 Å². The van der Waals surface area contributed by atoms with Gasteiger partial charge < -0.3 is 0 Å². The highest BCUT2D eigenvalue weighted by molar-refractivity contribution is 5.90. The zero-order valence-corrected chi connectivity index (χ0v) is 7.34. The first-order chi connectivity index (χ1) is 5.22. The molecule has 3 aliphatic rings. The van der Waals surface area contributed by atoms with Crippen LogP contribution in [-0.2, 0) is 4.79 Å². The molecule has 2 bridgehead atoms. The number of ketones is 1. The molecule has 1 heteroatoms. The summed E-state index contributed by atoms with van der Waals surface area (Å²) < 4.78 is 0. The summed E-state index contributed by atoms with van der Waals surface area (Å²) >= 11 is 0. The molecule has 11 heavy (non-hydrogen) atoms. The van der Waals surface area contributed by atoms with E-state index in [2.05, 4.69) is 13.8 Å². The van der Waals surface area contributed by atoms with Crippen molar-refractivity contribution in [2.45, 2.75) is 33.1 Å². The SMILES string of the molecule is CC(C)C1C2CCCC1C2=O. The van der Waals surface area contributed by atoms with Crippen LogP contribution < -0.4 is 0 Å². The highest BCUT2D eigenvalue weighted by Gasteiger charge is 2.52. The Balaban J connectivity index is 2.11. The summed E-state index contributed by atoms with van der Waals surface area (Å²) in [6, 6.07) is 0. The predicted octanol–water partition coefficient (Wildman–Crippen LogP) is 2.26. The number of hydrogen-bond acceptors (Lipinski definition) is 1. The molecule has 3 saturated carbocycles. The van der Waals surface area contributed by atoms with Crippen molar-refractivity contribution < 1.29 is 4.79 Å². The second-order valence-electron chi connectivity index (χ2n) is 4.37. The van der Waals surface area contributed by atoms with Crippen molar-refractivity contribution >= 4 is 5.78 Å². The van der Waals surface area contributed by atoms with E-state index in [4.69, 9.17) is 0 Å². The average Bonchev–Trinajstić information content (AvgIpc) is 2.02. The van der Waals surface area contributed by atoms with Crippen LogP contribution in [0, 0.1) is 23.7 Å². The van der Waals surface area contributed by atoms with Gasteiger partial charge in [0.1, 0.15) is 5.78 Å². The minimum Gasteiger partial charge on any atom is -0.299 e. The molecule has 0 aromatic carbocycles. The Bertz CT molecular complexity index is 169. The molecule has 0 aromatic rings. The van der Waals surface area contributed by atoms with Crippen LogP contribution >= 0.6 is 0 Å². The fourth-order valence-corrected chi connectivity index (χ4v) is 2.97. The van der Waals surface area contributed by atoms with Gasteiger partial charge in [0.15, 0.2) is 0 Å². The van der Waals surface area contributed by atoms with Gasteiger partial charge in [-0.3, -0.25) is 4.79 Å². The van der Waals surface area contributed by atoms with E-state index in [0.717, 1.165) is 11.8 Å². The van der Waals surface area contributed by atoms with Gasteiger partial charge in [-0.05, 0) is 24.7 Å². The van der Waals surface area contributed by atoms with Gasteiger partial charge in [0.2, 0.25) is 0 Å². The van der Waals surface area contributed by atoms with Crippen molar-refractivity contribution in [3.05, 3.63) is 0 Å². The zero-order valence-electron chi connectivity index (χ0n) is 7.34. The van der Waals surface area contributed by atoms with Crippen molar-refractivity contribution in [3.63, 3.8) is 0 Å². The Kier molecular flexibility index (Phi) is 1.55. The Morgan fingerprint density at radius 3 is 2.09 bits per heavy atom. The highest BCUT2D eigenvalue weighted by atomic mass is 16.1. The molecule has 3 fully saturated rings. The van der Waals surface area contributed by atoms with Crippen LogP contribution in [0.3, 0.4) is 0 Å². The summed E-state index contributed by atoms with van der Waals surface area (Å²) in [6.07, 6.45) is 3.65. The van der Waals surface area contributed by atoms with Crippen LogP contribution in [0.2, 0.25) is 0 Å². The lowest BCUT2D eigenvalue weighted by Gasteiger charge is -2.49. The number of carbonyl (C=O) groups is 1. The maximum absolute atomic E-state index is 11.4. The quantitative estimate of drug-likeness (QED) is 0.563. The molecule has 2 unspecified atom stereocenters. The van der Waals surface area contributed by atoms with Gasteiger partial charge in [0, 0.05) is 11.8 Å². The lowest BCUT2D eigenvalue weighted by Crippen LogP contribution is -2.52. The lowest BCUT2D eigenvalue weighted by molar-refractivity contribution is -0.151. The molecule has 0 aromatic heterocycles. The molecule has 3 rings (SSSR count). The Hall–Kier alpha value is -0.330. The lowest BCUT2D eigenvalue weighted by atomic mass is 9.53. The molecule has 0 aliphatic heterocycles. The van der Waals surface area contributed by atoms with Gasteiger partial charge >= 0.3 is 0 Å². The maximum Gasteiger partial charge on any atom is 0.139 e. The molecule has 62 valence electrons. The van der Waals surface area contributed by atoms with E-state index < -0.39 is 0 Å². The minimum atomic E-state index is 0.466. The summed E-state index contributed by atoms with van der Waals surface area (Å²) in [4.78, 5) is 11.4. The molecule has 1 nitrogen and oxygen atoms in total. The minimum absolute atomic E-state index is 0.466. The summed E-state index contributed by atoms with van der Waals surface area (Å²) in [5.41, 5.74) is 0. The molecule has 3 aliphatic carbocycles. The van der Waals surface area contributed by atoms with Crippen LogP contribution in [-0.4, -0.2) is 5.78 Å². The number of Topliss-reactive ketones (excluding diaryl/α,β-unsaturated/α-hetero) is 1. The largest absolute Gasteiger partial charge is 0.299 e. The second-order valence-corrected chi connectivity index (χ2v) is 4.37. The van der Waals surface area contributed by atoms with E-state index in [9.17, 15) is 4.79 Å². The Morgan fingerprint density at radius 1 is 1.27 bits per heavy atom. The van der Waals surface area contributed by atoms with Gasteiger partial charge in [-0.15, -0.1) is 0 Å². The third kappa shape index (κ3) is 0.863. The monoisotopic (exact) mass is 152 g/mol. The van der Waals surface area contributed by atoms with E-state index in [1.165, 1.54) is 19.3 Å². The molecule has 0 saturated heterocycles. The van der Waals surface area contributed by atoms with Gasteiger partial charge in [-0.25, -0.2) is 0 Å². The Labute approximate surface area is 68.2 Å². The molecule has 0 heterocycles. The number of hydrogen-bond donors (Lipinski definition) is 0. The number of rotatable bonds is 1. The smallest absolute Gasteiger partial charge is 0.139 e. The van der Waals surface area contributed by atoms with Crippen molar-refractivity contribution in [2.24, 2.45) is 23.7 Å². The molecular formula is C10H16O. The van der Waals surface area contributed by atoms with Crippen LogP contribution in [0.5, 0.6) is 0 Å². The summed E-state index contributed by atoms with van der Waals surface area (Å²) in [7, 11) is 0. The van der Waals surface area contributed by atoms with Crippen LogP contribution in [0.25, 0.3) is 0 Å². The first-order valence-corrected chi connectivity index (χ1v) is 4.75. The summed E-state index contributed by atoms with van der Waals surface area (Å²) in [5.74, 6) is 2.98. The van der Waals surface area contributed by atoms with E-state index in [1.54, 1.807) is 0 Å². The second kappa shape index (κ2) is 2.33. The van der Waals surface area contributed by atoms with Gasteiger partial charge in [0.05, 0.1) is 0 Å². The standard InChI is InChI=1S/C10H16O/c1-6(2)9-7-4-3-5-8(9)10(7)11/h6-9H,3-5H2,1-2H3. The molecule has 0 N–H and O–H groups in total. The molecule has 0 radical (unpaired) electrons. The van der Waals surface area contributed by atoms with Crippen molar-refractivity contribution in [1.82, 2.24) is 0 Å². The third-order valence-corrected chi connectivity index (χ3v) is 3.46. The van der Waals surface area contributed by atoms with Gasteiger partial charge in [-0.1, -0.05) is 20.3 Å². The van der Waals surface area contributed by atoms with Crippen molar-refractivity contribution in [1.29, 1.82) is 0 Å². The number of carbonyl (C=O) groups excluding carboxylic acids is 1. The van der Waals surface area contributed by atoms with Crippen LogP contribution in [0.1, 0.15) is 33.1 Å². The summed E-state index contributed by atoms with van der Waals surface area (Å²) in [5, 5.41) is 0. The van der Waals surface area contributed by atoms with E-state index in [0.29, 0.717) is 17.6 Å². The van der Waals surface area contributed by atoms with E-state index in [-0.39, 0.29) is 0 Å².